The molecule has 2 aromatic rings. The van der Waals surface area contributed by atoms with Crippen molar-refractivity contribution < 1.29 is 4.79 Å². The van der Waals surface area contributed by atoms with Gasteiger partial charge in [-0.15, -0.1) is 0 Å². The number of pyridine rings is 1. The standard InChI is InChI=1S/C17H19NO/c1-13-11-16(12-14(2)18-13)17(19)10-6-9-15-7-4-3-5-8-15/h3-5,7-8,11-12H,6,9-10H2,1-2H3. The first-order valence-corrected chi connectivity index (χ1v) is 6.67. The van der Waals surface area contributed by atoms with Crippen molar-refractivity contribution in [1.29, 1.82) is 0 Å². The molecule has 0 aliphatic carbocycles. The number of carbonyl (C=O) groups is 1. The first-order chi connectivity index (χ1) is 9.15. The van der Waals surface area contributed by atoms with E-state index in [4.69, 9.17) is 0 Å². The van der Waals surface area contributed by atoms with Crippen molar-refractivity contribution in [3.05, 3.63) is 65.0 Å². The van der Waals surface area contributed by atoms with Crippen LogP contribution in [-0.2, 0) is 6.42 Å². The van der Waals surface area contributed by atoms with Crippen molar-refractivity contribution in [3.63, 3.8) is 0 Å². The molecular formula is C17H19NO. The monoisotopic (exact) mass is 253 g/mol. The highest BCUT2D eigenvalue weighted by atomic mass is 16.1. The normalized spacial score (nSPS) is 10.4. The minimum absolute atomic E-state index is 0.213. The summed E-state index contributed by atoms with van der Waals surface area (Å²) in [4.78, 5) is 16.4. The fourth-order valence-corrected chi connectivity index (χ4v) is 2.24. The number of Topliss-reactive ketones (excluding diaryl/α,β-unsaturated/α-hetero) is 1. The molecule has 0 aliphatic heterocycles. The SMILES string of the molecule is Cc1cc(C(=O)CCCc2ccccc2)cc(C)n1. The van der Waals surface area contributed by atoms with Crippen LogP contribution in [0.3, 0.4) is 0 Å². The molecule has 0 fully saturated rings. The van der Waals surface area contributed by atoms with Gasteiger partial charge in [0, 0.05) is 23.4 Å². The molecule has 0 N–H and O–H groups in total. The lowest BCUT2D eigenvalue weighted by atomic mass is 10.0. The fourth-order valence-electron chi connectivity index (χ4n) is 2.24. The highest BCUT2D eigenvalue weighted by Gasteiger charge is 2.07. The fraction of sp³-hybridized carbons (Fsp3) is 0.294. The van der Waals surface area contributed by atoms with Crippen LogP contribution in [0.4, 0.5) is 0 Å². The van der Waals surface area contributed by atoms with E-state index in [1.165, 1.54) is 5.56 Å². The van der Waals surface area contributed by atoms with Crippen LogP contribution in [-0.4, -0.2) is 10.8 Å². The summed E-state index contributed by atoms with van der Waals surface area (Å²) < 4.78 is 0. The van der Waals surface area contributed by atoms with Crippen LogP contribution in [0.25, 0.3) is 0 Å². The Labute approximate surface area is 114 Å². The molecule has 1 heterocycles. The number of aryl methyl sites for hydroxylation is 3. The summed E-state index contributed by atoms with van der Waals surface area (Å²) in [6.07, 6.45) is 2.44. The van der Waals surface area contributed by atoms with Gasteiger partial charge in [0.25, 0.3) is 0 Å². The lowest BCUT2D eigenvalue weighted by molar-refractivity contribution is 0.0980. The predicted molar refractivity (Wildman–Crippen MR) is 77.4 cm³/mol. The number of aromatic nitrogens is 1. The van der Waals surface area contributed by atoms with Crippen molar-refractivity contribution in [1.82, 2.24) is 4.98 Å². The second kappa shape index (κ2) is 6.28. The molecular weight excluding hydrogens is 234 g/mol. The van der Waals surface area contributed by atoms with E-state index in [0.29, 0.717) is 6.42 Å². The molecule has 0 radical (unpaired) electrons. The summed E-state index contributed by atoms with van der Waals surface area (Å²) in [5.74, 6) is 0.213. The quantitative estimate of drug-likeness (QED) is 0.756. The topological polar surface area (TPSA) is 30.0 Å². The van der Waals surface area contributed by atoms with E-state index in [9.17, 15) is 4.79 Å². The maximum atomic E-state index is 12.1. The Morgan fingerprint density at radius 2 is 1.68 bits per heavy atom. The first kappa shape index (κ1) is 13.5. The van der Waals surface area contributed by atoms with Crippen LogP contribution < -0.4 is 0 Å². The van der Waals surface area contributed by atoms with Gasteiger partial charge in [0.15, 0.2) is 5.78 Å². The van der Waals surface area contributed by atoms with Gasteiger partial charge in [-0.3, -0.25) is 9.78 Å². The summed E-state index contributed by atoms with van der Waals surface area (Å²) >= 11 is 0. The molecule has 2 nitrogen and oxygen atoms in total. The van der Waals surface area contributed by atoms with Gasteiger partial charge in [-0.2, -0.15) is 0 Å². The lowest BCUT2D eigenvalue weighted by Gasteiger charge is -2.04. The van der Waals surface area contributed by atoms with Gasteiger partial charge < -0.3 is 0 Å². The average molecular weight is 253 g/mol. The number of ketones is 1. The third-order valence-electron chi connectivity index (χ3n) is 3.12. The smallest absolute Gasteiger partial charge is 0.163 e. The summed E-state index contributed by atoms with van der Waals surface area (Å²) in [5, 5.41) is 0. The Balaban J connectivity index is 1.91. The Hall–Kier alpha value is -1.96. The molecule has 0 amide bonds. The molecule has 2 heteroatoms. The van der Waals surface area contributed by atoms with E-state index in [-0.39, 0.29) is 5.78 Å². The molecule has 98 valence electrons. The Kier molecular flexibility index (Phi) is 4.45. The Bertz CT molecular complexity index is 540. The Morgan fingerprint density at radius 3 is 2.32 bits per heavy atom. The number of rotatable bonds is 5. The second-order valence-corrected chi connectivity index (χ2v) is 4.90. The van der Waals surface area contributed by atoms with Gasteiger partial charge in [-0.1, -0.05) is 30.3 Å². The van der Waals surface area contributed by atoms with Crippen molar-refractivity contribution in [3.8, 4) is 0 Å². The van der Waals surface area contributed by atoms with E-state index in [1.807, 2.05) is 44.2 Å². The van der Waals surface area contributed by atoms with Gasteiger partial charge in [-0.05, 0) is 44.4 Å². The van der Waals surface area contributed by atoms with Gasteiger partial charge in [0.2, 0.25) is 0 Å². The maximum absolute atomic E-state index is 12.1. The molecule has 0 aliphatic rings. The minimum atomic E-state index is 0.213. The molecule has 1 aromatic heterocycles. The largest absolute Gasteiger partial charge is 0.294 e. The van der Waals surface area contributed by atoms with Crippen molar-refractivity contribution >= 4 is 5.78 Å². The first-order valence-electron chi connectivity index (χ1n) is 6.67. The molecule has 0 saturated heterocycles. The minimum Gasteiger partial charge on any atom is -0.294 e. The molecule has 0 spiro atoms. The zero-order valence-corrected chi connectivity index (χ0v) is 11.5. The average Bonchev–Trinajstić information content (AvgIpc) is 2.38. The van der Waals surface area contributed by atoms with E-state index >= 15 is 0 Å². The van der Waals surface area contributed by atoms with Crippen LogP contribution in [0, 0.1) is 13.8 Å². The van der Waals surface area contributed by atoms with E-state index in [1.54, 1.807) is 0 Å². The van der Waals surface area contributed by atoms with Crippen molar-refractivity contribution in [2.75, 3.05) is 0 Å². The van der Waals surface area contributed by atoms with Crippen molar-refractivity contribution in [2.45, 2.75) is 33.1 Å². The molecule has 0 bridgehead atoms. The molecule has 1 aromatic carbocycles. The second-order valence-electron chi connectivity index (χ2n) is 4.90. The zero-order valence-electron chi connectivity index (χ0n) is 11.5. The van der Waals surface area contributed by atoms with Crippen molar-refractivity contribution in [2.24, 2.45) is 0 Å². The van der Waals surface area contributed by atoms with Gasteiger partial charge >= 0.3 is 0 Å². The number of benzene rings is 1. The van der Waals surface area contributed by atoms with E-state index in [2.05, 4.69) is 17.1 Å². The van der Waals surface area contributed by atoms with Crippen LogP contribution in [0.1, 0.15) is 40.2 Å². The summed E-state index contributed by atoms with van der Waals surface area (Å²) in [6.45, 7) is 3.85. The van der Waals surface area contributed by atoms with E-state index in [0.717, 1.165) is 29.8 Å². The molecule has 2 rings (SSSR count). The number of carbonyl (C=O) groups excluding carboxylic acids is 1. The van der Waals surface area contributed by atoms with Crippen LogP contribution in [0.5, 0.6) is 0 Å². The van der Waals surface area contributed by atoms with Crippen LogP contribution >= 0.6 is 0 Å². The summed E-state index contributed by atoms with van der Waals surface area (Å²) in [6, 6.07) is 14.0. The maximum Gasteiger partial charge on any atom is 0.163 e. The number of nitrogens with zero attached hydrogens (tertiary/aromatic N) is 1. The lowest BCUT2D eigenvalue weighted by Crippen LogP contribution is -2.02. The van der Waals surface area contributed by atoms with Crippen LogP contribution in [0.15, 0.2) is 42.5 Å². The summed E-state index contributed by atoms with van der Waals surface area (Å²) in [7, 11) is 0. The van der Waals surface area contributed by atoms with Gasteiger partial charge in [0.05, 0.1) is 0 Å². The third-order valence-corrected chi connectivity index (χ3v) is 3.12. The molecule has 0 atom stereocenters. The highest BCUT2D eigenvalue weighted by molar-refractivity contribution is 5.96. The highest BCUT2D eigenvalue weighted by Crippen LogP contribution is 2.11. The number of hydrogen-bond acceptors (Lipinski definition) is 2. The predicted octanol–water partition coefficient (Wildman–Crippen LogP) is 3.90. The zero-order chi connectivity index (χ0) is 13.7. The van der Waals surface area contributed by atoms with E-state index < -0.39 is 0 Å². The van der Waals surface area contributed by atoms with Gasteiger partial charge in [0.1, 0.15) is 0 Å². The number of hydrogen-bond donors (Lipinski definition) is 0. The third kappa shape index (κ3) is 4.02. The van der Waals surface area contributed by atoms with Crippen LogP contribution in [0.2, 0.25) is 0 Å². The van der Waals surface area contributed by atoms with Gasteiger partial charge in [-0.25, -0.2) is 0 Å². The molecule has 19 heavy (non-hydrogen) atoms. The Morgan fingerprint density at radius 1 is 1.05 bits per heavy atom. The summed E-state index contributed by atoms with van der Waals surface area (Å²) in [5.41, 5.74) is 3.90. The molecule has 0 unspecified atom stereocenters. The molecule has 0 saturated carbocycles.